The molecule has 0 saturated heterocycles. The van der Waals surface area contributed by atoms with Crippen LogP contribution in [0.25, 0.3) is 0 Å². The van der Waals surface area contributed by atoms with Crippen molar-refractivity contribution in [2.45, 2.75) is 23.6 Å². The molecule has 1 N–H and O–H groups in total. The minimum absolute atomic E-state index is 0.0118. The molecule has 4 nitrogen and oxygen atoms in total. The van der Waals surface area contributed by atoms with Crippen LogP contribution in [0.1, 0.15) is 12.7 Å². The van der Waals surface area contributed by atoms with Crippen molar-refractivity contribution in [3.05, 3.63) is 48.4 Å². The zero-order chi connectivity index (χ0) is 14.4. The van der Waals surface area contributed by atoms with Gasteiger partial charge < -0.3 is 14.5 Å². The lowest BCUT2D eigenvalue weighted by Crippen LogP contribution is -2.30. The van der Waals surface area contributed by atoms with Gasteiger partial charge in [0, 0.05) is 4.90 Å². The molecule has 0 spiro atoms. The van der Waals surface area contributed by atoms with E-state index >= 15 is 0 Å². The first-order chi connectivity index (χ1) is 9.69. The largest absolute Gasteiger partial charge is 0.497 e. The molecule has 0 radical (unpaired) electrons. The highest BCUT2D eigenvalue weighted by Gasteiger charge is 2.14. The number of ether oxygens (including phenoxy) is 1. The van der Waals surface area contributed by atoms with Crippen molar-refractivity contribution in [1.29, 1.82) is 0 Å². The summed E-state index contributed by atoms with van der Waals surface area (Å²) in [5.74, 6) is 1.55. The van der Waals surface area contributed by atoms with Gasteiger partial charge in [0.15, 0.2) is 0 Å². The number of methoxy groups -OCH3 is 1. The first-order valence-corrected chi connectivity index (χ1v) is 7.18. The fraction of sp³-hybridized carbons (Fsp3) is 0.267. The summed E-state index contributed by atoms with van der Waals surface area (Å²) in [5, 5.41) is 2.68. The lowest BCUT2D eigenvalue weighted by molar-refractivity contribution is -0.120. The van der Waals surface area contributed by atoms with Crippen molar-refractivity contribution >= 4 is 17.7 Å². The summed E-state index contributed by atoms with van der Waals surface area (Å²) in [7, 11) is 1.63. The van der Waals surface area contributed by atoms with Gasteiger partial charge in [-0.05, 0) is 43.3 Å². The van der Waals surface area contributed by atoms with Gasteiger partial charge in [0.1, 0.15) is 11.5 Å². The first-order valence-electron chi connectivity index (χ1n) is 6.30. The van der Waals surface area contributed by atoms with E-state index in [0.29, 0.717) is 6.54 Å². The molecule has 0 aliphatic carbocycles. The van der Waals surface area contributed by atoms with Crippen molar-refractivity contribution in [3.63, 3.8) is 0 Å². The fourth-order valence-corrected chi connectivity index (χ4v) is 2.53. The summed E-state index contributed by atoms with van der Waals surface area (Å²) in [6.45, 7) is 2.30. The number of thioether (sulfide) groups is 1. The maximum atomic E-state index is 12.0. The third kappa shape index (κ3) is 4.06. The smallest absolute Gasteiger partial charge is 0.233 e. The van der Waals surface area contributed by atoms with Crippen LogP contribution in [0.2, 0.25) is 0 Å². The normalized spacial score (nSPS) is 11.9. The van der Waals surface area contributed by atoms with Crippen molar-refractivity contribution in [2.24, 2.45) is 0 Å². The Balaban J connectivity index is 1.83. The molecule has 0 bridgehead atoms. The summed E-state index contributed by atoms with van der Waals surface area (Å²) in [5.41, 5.74) is 0. The van der Waals surface area contributed by atoms with Crippen LogP contribution in [-0.4, -0.2) is 18.3 Å². The monoisotopic (exact) mass is 291 g/mol. The van der Waals surface area contributed by atoms with Crippen molar-refractivity contribution in [1.82, 2.24) is 5.32 Å². The minimum Gasteiger partial charge on any atom is -0.497 e. The molecule has 1 amide bonds. The van der Waals surface area contributed by atoms with Gasteiger partial charge >= 0.3 is 0 Å². The van der Waals surface area contributed by atoms with Crippen molar-refractivity contribution < 1.29 is 13.9 Å². The molecule has 0 aliphatic rings. The van der Waals surface area contributed by atoms with Crippen LogP contribution in [0.5, 0.6) is 5.75 Å². The second-order valence-electron chi connectivity index (χ2n) is 4.23. The van der Waals surface area contributed by atoms with E-state index in [1.54, 1.807) is 19.4 Å². The van der Waals surface area contributed by atoms with E-state index in [-0.39, 0.29) is 11.2 Å². The molecule has 1 aromatic heterocycles. The molecule has 5 heteroatoms. The Kier molecular flexibility index (Phi) is 5.12. The van der Waals surface area contributed by atoms with Crippen LogP contribution < -0.4 is 10.1 Å². The summed E-state index contributed by atoms with van der Waals surface area (Å²) in [4.78, 5) is 13.0. The Bertz CT molecular complexity index is 537. The minimum atomic E-state index is -0.168. The molecular weight excluding hydrogens is 274 g/mol. The highest BCUT2D eigenvalue weighted by molar-refractivity contribution is 8.00. The molecule has 2 aromatic rings. The van der Waals surface area contributed by atoms with E-state index in [1.807, 2.05) is 37.3 Å². The number of nitrogens with one attached hydrogen (secondary N) is 1. The average molecular weight is 291 g/mol. The number of hydrogen-bond acceptors (Lipinski definition) is 4. The van der Waals surface area contributed by atoms with E-state index in [9.17, 15) is 4.79 Å². The SMILES string of the molecule is COc1ccc(S[C@H](C)C(=O)NCc2ccco2)cc1. The first kappa shape index (κ1) is 14.5. The second kappa shape index (κ2) is 7.05. The fourth-order valence-electron chi connectivity index (χ4n) is 1.64. The zero-order valence-electron chi connectivity index (χ0n) is 11.5. The molecule has 1 atom stereocenters. The Morgan fingerprint density at radius 2 is 2.10 bits per heavy atom. The van der Waals surface area contributed by atoms with Gasteiger partial charge in [-0.15, -0.1) is 11.8 Å². The van der Waals surface area contributed by atoms with Gasteiger partial charge in [0.05, 0.1) is 25.2 Å². The van der Waals surface area contributed by atoms with Gasteiger partial charge in [-0.25, -0.2) is 0 Å². The topological polar surface area (TPSA) is 51.5 Å². The van der Waals surface area contributed by atoms with Crippen molar-refractivity contribution in [3.8, 4) is 5.75 Å². The number of carbonyl (C=O) groups excluding carboxylic acids is 1. The Morgan fingerprint density at radius 3 is 2.70 bits per heavy atom. The molecule has 0 fully saturated rings. The average Bonchev–Trinajstić information content (AvgIpc) is 2.98. The maximum absolute atomic E-state index is 12.0. The molecule has 0 aliphatic heterocycles. The van der Waals surface area contributed by atoms with Crippen LogP contribution in [0.3, 0.4) is 0 Å². The number of rotatable bonds is 6. The standard InChI is InChI=1S/C15H17NO3S/c1-11(15(17)16-10-13-4-3-9-19-13)20-14-7-5-12(18-2)6-8-14/h3-9,11H,10H2,1-2H3,(H,16,17)/t11-/m1/s1. The molecule has 20 heavy (non-hydrogen) atoms. The highest BCUT2D eigenvalue weighted by atomic mass is 32.2. The van der Waals surface area contributed by atoms with Gasteiger partial charge in [0.25, 0.3) is 0 Å². The van der Waals surface area contributed by atoms with Gasteiger partial charge in [-0.3, -0.25) is 4.79 Å². The second-order valence-corrected chi connectivity index (χ2v) is 5.65. The summed E-state index contributed by atoms with van der Waals surface area (Å²) in [6, 6.07) is 11.3. The molecule has 2 rings (SSSR count). The zero-order valence-corrected chi connectivity index (χ0v) is 12.3. The molecule has 106 valence electrons. The van der Waals surface area contributed by atoms with E-state index in [0.717, 1.165) is 16.4 Å². The van der Waals surface area contributed by atoms with Crippen molar-refractivity contribution in [2.75, 3.05) is 7.11 Å². The molecule has 0 saturated carbocycles. The number of furan rings is 1. The highest BCUT2D eigenvalue weighted by Crippen LogP contribution is 2.25. The third-order valence-corrected chi connectivity index (χ3v) is 3.87. The number of amides is 1. The van der Waals surface area contributed by atoms with Crippen LogP contribution in [0.4, 0.5) is 0 Å². The van der Waals surface area contributed by atoms with E-state index < -0.39 is 0 Å². The summed E-state index contributed by atoms with van der Waals surface area (Å²) in [6.07, 6.45) is 1.59. The lowest BCUT2D eigenvalue weighted by Gasteiger charge is -2.11. The van der Waals surface area contributed by atoms with Gasteiger partial charge in [-0.1, -0.05) is 0 Å². The van der Waals surface area contributed by atoms with E-state index in [2.05, 4.69) is 5.32 Å². The third-order valence-electron chi connectivity index (χ3n) is 2.76. The Hall–Kier alpha value is -1.88. The molecule has 0 unspecified atom stereocenters. The summed E-state index contributed by atoms with van der Waals surface area (Å²) < 4.78 is 10.3. The predicted molar refractivity (Wildman–Crippen MR) is 78.9 cm³/mol. The molecular formula is C15H17NO3S. The van der Waals surface area contributed by atoms with Gasteiger partial charge in [-0.2, -0.15) is 0 Å². The maximum Gasteiger partial charge on any atom is 0.233 e. The van der Waals surface area contributed by atoms with Gasteiger partial charge in [0.2, 0.25) is 5.91 Å². The van der Waals surface area contributed by atoms with Crippen LogP contribution >= 0.6 is 11.8 Å². The Morgan fingerprint density at radius 1 is 1.35 bits per heavy atom. The Labute approximate surface area is 122 Å². The lowest BCUT2D eigenvalue weighted by atomic mass is 10.3. The van der Waals surface area contributed by atoms with E-state index in [4.69, 9.17) is 9.15 Å². The number of hydrogen-bond donors (Lipinski definition) is 1. The van der Waals surface area contributed by atoms with Crippen LogP contribution in [0, 0.1) is 0 Å². The van der Waals surface area contributed by atoms with Crippen LogP contribution in [0.15, 0.2) is 52.0 Å². The predicted octanol–water partition coefficient (Wildman–Crippen LogP) is 3.09. The number of carbonyl (C=O) groups is 1. The number of benzene rings is 1. The van der Waals surface area contributed by atoms with E-state index in [1.165, 1.54) is 11.8 Å². The van der Waals surface area contributed by atoms with Crippen LogP contribution in [-0.2, 0) is 11.3 Å². The summed E-state index contributed by atoms with van der Waals surface area (Å²) >= 11 is 1.51. The quantitative estimate of drug-likeness (QED) is 0.831. The molecule has 1 aromatic carbocycles. The molecule has 1 heterocycles.